The number of hydrogen-bond donors (Lipinski definition) is 2. The molecule has 200 valence electrons. The number of anilines is 1. The SMILES string of the molecule is CC(=O)Nc1ccc(S(=O)(=O)N(CCO)C[C@H]2CCC3=Cc4c(cnn4-c4ccc(F)cc4)C[C@@]32C)cc1. The van der Waals surface area contributed by atoms with Gasteiger partial charge in [0.15, 0.2) is 0 Å². The molecular weight excluding hydrogens is 507 g/mol. The van der Waals surface area contributed by atoms with Gasteiger partial charge in [0.05, 0.1) is 29.1 Å². The molecule has 1 amide bonds. The molecule has 0 radical (unpaired) electrons. The Morgan fingerprint density at radius 1 is 1.21 bits per heavy atom. The summed E-state index contributed by atoms with van der Waals surface area (Å²) in [6.45, 7) is 3.56. The summed E-state index contributed by atoms with van der Waals surface area (Å²) in [6, 6.07) is 12.3. The Morgan fingerprint density at radius 3 is 2.58 bits per heavy atom. The van der Waals surface area contributed by atoms with Gasteiger partial charge < -0.3 is 10.4 Å². The van der Waals surface area contributed by atoms with Crippen LogP contribution >= 0.6 is 0 Å². The summed E-state index contributed by atoms with van der Waals surface area (Å²) in [5.74, 6) is -0.485. The van der Waals surface area contributed by atoms with E-state index in [9.17, 15) is 22.7 Å². The summed E-state index contributed by atoms with van der Waals surface area (Å²) in [5, 5.41) is 16.9. The number of aliphatic hydroxyl groups excluding tert-OH is 1. The third-order valence-corrected chi connectivity index (χ3v) is 9.69. The highest BCUT2D eigenvalue weighted by Gasteiger charge is 2.47. The van der Waals surface area contributed by atoms with Gasteiger partial charge in [0.1, 0.15) is 5.82 Å². The Labute approximate surface area is 221 Å². The van der Waals surface area contributed by atoms with Crippen LogP contribution in [0.1, 0.15) is 37.9 Å². The van der Waals surface area contributed by atoms with Crippen molar-refractivity contribution in [2.75, 3.05) is 25.0 Å². The Hall–Kier alpha value is -3.34. The standard InChI is InChI=1S/C28H31FN4O4S/c1-19(35)31-24-7-11-26(12-8-24)38(36,37)32(13-14-34)18-22-4-3-21-15-27-20(16-28(21,22)2)17-30-33(27)25-9-5-23(29)6-10-25/h5-12,15,17,22,34H,3-4,13-14,16,18H2,1-2H3,(H,31,35)/t22-,28+/m1/s1. The number of fused-ring (bicyclic) bond motifs is 2. The molecule has 0 unspecified atom stereocenters. The average molecular weight is 539 g/mol. The number of aromatic nitrogens is 2. The zero-order valence-corrected chi connectivity index (χ0v) is 22.2. The molecule has 2 aliphatic rings. The zero-order valence-electron chi connectivity index (χ0n) is 21.4. The van der Waals surface area contributed by atoms with E-state index in [4.69, 9.17) is 0 Å². The molecule has 2 aliphatic carbocycles. The van der Waals surface area contributed by atoms with Crippen LogP contribution in [0.5, 0.6) is 0 Å². The fourth-order valence-corrected chi connectivity index (χ4v) is 7.22. The lowest BCUT2D eigenvalue weighted by atomic mass is 9.70. The van der Waals surface area contributed by atoms with Gasteiger partial charge in [-0.2, -0.15) is 9.40 Å². The second-order valence-electron chi connectivity index (χ2n) is 10.2. The number of halogens is 1. The number of aliphatic hydroxyl groups is 1. The lowest BCUT2D eigenvalue weighted by Gasteiger charge is -2.38. The van der Waals surface area contributed by atoms with Crippen molar-refractivity contribution in [3.8, 4) is 5.69 Å². The summed E-state index contributed by atoms with van der Waals surface area (Å²) in [5.41, 5.74) is 4.35. The molecule has 3 aromatic rings. The minimum atomic E-state index is -3.86. The molecule has 5 rings (SSSR count). The van der Waals surface area contributed by atoms with Gasteiger partial charge in [0, 0.05) is 25.7 Å². The van der Waals surface area contributed by atoms with Crippen molar-refractivity contribution >= 4 is 27.7 Å². The van der Waals surface area contributed by atoms with Gasteiger partial charge in [-0.25, -0.2) is 17.5 Å². The van der Waals surface area contributed by atoms with Gasteiger partial charge in [0.2, 0.25) is 15.9 Å². The number of sulfonamides is 1. The van der Waals surface area contributed by atoms with Crippen LogP contribution in [0.4, 0.5) is 10.1 Å². The Balaban J connectivity index is 1.39. The number of benzene rings is 2. The largest absolute Gasteiger partial charge is 0.395 e. The maximum Gasteiger partial charge on any atom is 0.243 e. The van der Waals surface area contributed by atoms with Crippen LogP contribution in [0.2, 0.25) is 0 Å². The number of allylic oxidation sites excluding steroid dienone is 1. The van der Waals surface area contributed by atoms with Crippen LogP contribution < -0.4 is 5.32 Å². The first-order valence-corrected chi connectivity index (χ1v) is 14.1. The lowest BCUT2D eigenvalue weighted by molar-refractivity contribution is -0.114. The minimum Gasteiger partial charge on any atom is -0.395 e. The van der Waals surface area contributed by atoms with Crippen molar-refractivity contribution in [3.05, 3.63) is 77.4 Å². The second kappa shape index (κ2) is 10.1. The molecule has 2 N–H and O–H groups in total. The monoisotopic (exact) mass is 538 g/mol. The minimum absolute atomic E-state index is 0.00480. The molecule has 1 saturated carbocycles. The van der Waals surface area contributed by atoms with E-state index >= 15 is 0 Å². The van der Waals surface area contributed by atoms with E-state index in [-0.39, 0.29) is 47.6 Å². The Morgan fingerprint density at radius 2 is 1.92 bits per heavy atom. The van der Waals surface area contributed by atoms with Crippen LogP contribution in [0, 0.1) is 17.2 Å². The molecule has 1 fully saturated rings. The third kappa shape index (κ3) is 4.79. The van der Waals surface area contributed by atoms with Crippen molar-refractivity contribution in [3.63, 3.8) is 0 Å². The van der Waals surface area contributed by atoms with Crippen molar-refractivity contribution in [2.45, 2.75) is 38.0 Å². The molecule has 2 aromatic carbocycles. The number of carbonyl (C=O) groups excluding carboxylic acids is 1. The third-order valence-electron chi connectivity index (χ3n) is 7.81. The molecule has 1 aromatic heterocycles. The van der Waals surface area contributed by atoms with E-state index in [2.05, 4.69) is 23.4 Å². The Bertz CT molecular complexity index is 1480. The number of nitrogens with zero attached hydrogens (tertiary/aromatic N) is 3. The van der Waals surface area contributed by atoms with Crippen LogP contribution in [0.3, 0.4) is 0 Å². The van der Waals surface area contributed by atoms with Crippen LogP contribution in [0.25, 0.3) is 11.8 Å². The van der Waals surface area contributed by atoms with E-state index in [1.54, 1.807) is 24.3 Å². The van der Waals surface area contributed by atoms with Gasteiger partial charge in [-0.15, -0.1) is 0 Å². The molecule has 0 aliphatic heterocycles. The van der Waals surface area contributed by atoms with Gasteiger partial charge in [-0.1, -0.05) is 12.5 Å². The van der Waals surface area contributed by atoms with E-state index in [1.807, 2.05) is 10.9 Å². The van der Waals surface area contributed by atoms with Gasteiger partial charge in [0.25, 0.3) is 0 Å². The zero-order chi connectivity index (χ0) is 27.1. The first kappa shape index (κ1) is 26.3. The van der Waals surface area contributed by atoms with Crippen molar-refractivity contribution in [2.24, 2.45) is 11.3 Å². The number of hydrogen-bond acceptors (Lipinski definition) is 5. The smallest absolute Gasteiger partial charge is 0.243 e. The average Bonchev–Trinajstić information content (AvgIpc) is 3.42. The summed E-state index contributed by atoms with van der Waals surface area (Å²) in [7, 11) is -3.86. The molecule has 8 nitrogen and oxygen atoms in total. The first-order valence-electron chi connectivity index (χ1n) is 12.6. The van der Waals surface area contributed by atoms with E-state index in [0.29, 0.717) is 5.69 Å². The molecule has 2 atom stereocenters. The van der Waals surface area contributed by atoms with Crippen LogP contribution in [-0.4, -0.2) is 53.2 Å². The normalized spacial score (nSPS) is 20.7. The highest BCUT2D eigenvalue weighted by molar-refractivity contribution is 7.89. The summed E-state index contributed by atoms with van der Waals surface area (Å²) < 4.78 is 43.8. The van der Waals surface area contributed by atoms with Gasteiger partial charge in [-0.3, -0.25) is 4.79 Å². The van der Waals surface area contributed by atoms with E-state index in [0.717, 1.165) is 36.2 Å². The van der Waals surface area contributed by atoms with Crippen LogP contribution in [0.15, 0.2) is 65.2 Å². The van der Waals surface area contributed by atoms with Crippen LogP contribution in [-0.2, 0) is 21.2 Å². The highest BCUT2D eigenvalue weighted by atomic mass is 32.2. The molecular formula is C28H31FN4O4S. The van der Waals surface area contributed by atoms with Gasteiger partial charge >= 0.3 is 0 Å². The van der Waals surface area contributed by atoms with Crippen molar-refractivity contribution in [1.29, 1.82) is 0 Å². The quantitative estimate of drug-likeness (QED) is 0.451. The first-order chi connectivity index (χ1) is 18.1. The van der Waals surface area contributed by atoms with E-state index in [1.165, 1.54) is 41.1 Å². The van der Waals surface area contributed by atoms with Gasteiger partial charge in [-0.05, 0) is 90.8 Å². The topological polar surface area (TPSA) is 105 Å². The summed E-state index contributed by atoms with van der Waals surface area (Å²) >= 11 is 0. The molecule has 38 heavy (non-hydrogen) atoms. The number of amides is 1. The maximum absolute atomic E-state index is 13.6. The lowest BCUT2D eigenvalue weighted by Crippen LogP contribution is -2.42. The maximum atomic E-state index is 13.6. The predicted molar refractivity (Wildman–Crippen MR) is 143 cm³/mol. The fraction of sp³-hybridized carbons (Fsp3) is 0.357. The number of rotatable bonds is 8. The molecule has 0 spiro atoms. The second-order valence-corrected chi connectivity index (χ2v) is 12.2. The molecule has 10 heteroatoms. The molecule has 0 saturated heterocycles. The summed E-state index contributed by atoms with van der Waals surface area (Å²) in [6.07, 6.45) is 6.38. The van der Waals surface area contributed by atoms with Crippen molar-refractivity contribution < 1.29 is 22.7 Å². The fourth-order valence-electron chi connectivity index (χ4n) is 5.74. The molecule has 0 bridgehead atoms. The highest BCUT2D eigenvalue weighted by Crippen LogP contribution is 2.53. The van der Waals surface area contributed by atoms with E-state index < -0.39 is 10.0 Å². The van der Waals surface area contributed by atoms with Crippen molar-refractivity contribution in [1.82, 2.24) is 14.1 Å². The predicted octanol–water partition coefficient (Wildman–Crippen LogP) is 4.01. The summed E-state index contributed by atoms with van der Waals surface area (Å²) in [4.78, 5) is 11.4. The molecule has 1 heterocycles. The number of carbonyl (C=O) groups is 1. The Kier molecular flexibility index (Phi) is 6.97. The number of nitrogens with one attached hydrogen (secondary N) is 1.